The third-order valence-electron chi connectivity index (χ3n) is 3.79. The summed E-state index contributed by atoms with van der Waals surface area (Å²) in [6.07, 6.45) is 6.81. The van der Waals surface area contributed by atoms with Crippen molar-refractivity contribution >= 4 is 23.4 Å². The molecule has 2 atom stereocenters. The van der Waals surface area contributed by atoms with Crippen LogP contribution in [0.15, 0.2) is 18.2 Å². The zero-order valence-electron chi connectivity index (χ0n) is 11.6. The van der Waals surface area contributed by atoms with Crippen LogP contribution in [0.25, 0.3) is 0 Å². The largest absolute Gasteiger partial charge is 0.399 e. The molecule has 0 aromatic heterocycles. The van der Waals surface area contributed by atoms with Crippen LogP contribution < -0.4 is 11.1 Å². The van der Waals surface area contributed by atoms with Gasteiger partial charge in [0.2, 0.25) is 0 Å². The van der Waals surface area contributed by atoms with Crippen LogP contribution in [-0.2, 0) is 0 Å². The Bertz CT molecular complexity index is 461. The van der Waals surface area contributed by atoms with Gasteiger partial charge in [-0.2, -0.15) is 11.8 Å². The van der Waals surface area contributed by atoms with E-state index in [1.165, 1.54) is 12.8 Å². The summed E-state index contributed by atoms with van der Waals surface area (Å²) in [6, 6.07) is 5.76. The molecular formula is C15H22N2OS. The van der Waals surface area contributed by atoms with Gasteiger partial charge in [-0.3, -0.25) is 4.79 Å². The van der Waals surface area contributed by atoms with E-state index in [1.54, 1.807) is 6.07 Å². The number of nitrogens with one attached hydrogen (secondary N) is 1. The molecule has 0 heterocycles. The molecule has 3 N–H and O–H groups in total. The number of hydrogen-bond acceptors (Lipinski definition) is 3. The quantitative estimate of drug-likeness (QED) is 0.836. The third kappa shape index (κ3) is 3.66. The van der Waals surface area contributed by atoms with Crippen LogP contribution in [0.1, 0.15) is 41.6 Å². The number of benzene rings is 1. The summed E-state index contributed by atoms with van der Waals surface area (Å²) in [5.74, 6) is 0.0317. The van der Waals surface area contributed by atoms with Crippen LogP contribution in [0.2, 0.25) is 0 Å². The Balaban J connectivity index is 2.00. The van der Waals surface area contributed by atoms with E-state index >= 15 is 0 Å². The number of nitrogens with two attached hydrogens (primary N) is 1. The number of nitrogen functional groups attached to an aromatic ring is 1. The SMILES string of the molecule is CSC1CCCC(NC(=O)c2ccc(N)cc2C)C1. The molecule has 1 aliphatic carbocycles. The zero-order chi connectivity index (χ0) is 13.8. The first-order valence-electron chi connectivity index (χ1n) is 6.80. The first-order valence-corrected chi connectivity index (χ1v) is 8.08. The van der Waals surface area contributed by atoms with Crippen LogP contribution >= 0.6 is 11.8 Å². The summed E-state index contributed by atoms with van der Waals surface area (Å²) >= 11 is 1.91. The van der Waals surface area contributed by atoms with Crippen LogP contribution in [0, 0.1) is 6.92 Å². The van der Waals surface area contributed by atoms with Gasteiger partial charge in [-0.25, -0.2) is 0 Å². The van der Waals surface area contributed by atoms with Gasteiger partial charge in [0.1, 0.15) is 0 Å². The number of carbonyl (C=O) groups excluding carboxylic acids is 1. The first kappa shape index (κ1) is 14.3. The molecule has 0 saturated heterocycles. The Hall–Kier alpha value is -1.16. The Morgan fingerprint density at radius 1 is 1.42 bits per heavy atom. The van der Waals surface area contributed by atoms with Crippen molar-refractivity contribution in [1.82, 2.24) is 5.32 Å². The van der Waals surface area contributed by atoms with Gasteiger partial charge in [0.25, 0.3) is 5.91 Å². The molecule has 0 aliphatic heterocycles. The Labute approximate surface area is 119 Å². The minimum Gasteiger partial charge on any atom is -0.399 e. The number of rotatable bonds is 3. The number of carbonyl (C=O) groups is 1. The van der Waals surface area contributed by atoms with Crippen molar-refractivity contribution in [2.45, 2.75) is 43.9 Å². The summed E-state index contributed by atoms with van der Waals surface area (Å²) in [5, 5.41) is 3.85. The molecule has 0 bridgehead atoms. The number of amides is 1. The van der Waals surface area contributed by atoms with Crippen LogP contribution in [0.4, 0.5) is 5.69 Å². The van der Waals surface area contributed by atoms with Gasteiger partial charge in [0.15, 0.2) is 0 Å². The minimum atomic E-state index is 0.0317. The van der Waals surface area contributed by atoms with Crippen molar-refractivity contribution in [2.75, 3.05) is 12.0 Å². The molecule has 1 amide bonds. The van der Waals surface area contributed by atoms with Crippen LogP contribution in [0.3, 0.4) is 0 Å². The molecule has 0 radical (unpaired) electrons. The average Bonchev–Trinajstić information content (AvgIpc) is 2.38. The molecule has 4 heteroatoms. The fourth-order valence-corrected chi connectivity index (χ4v) is 3.52. The van der Waals surface area contributed by atoms with Crippen LogP contribution in [0.5, 0.6) is 0 Å². The van der Waals surface area contributed by atoms with E-state index in [9.17, 15) is 4.79 Å². The highest BCUT2D eigenvalue weighted by atomic mass is 32.2. The summed E-state index contributed by atoms with van der Waals surface area (Å²) < 4.78 is 0. The maximum absolute atomic E-state index is 12.3. The molecule has 3 nitrogen and oxygen atoms in total. The van der Waals surface area contributed by atoms with Gasteiger partial charge in [-0.05, 0) is 56.2 Å². The molecule has 1 saturated carbocycles. The standard InChI is InChI=1S/C15H22N2OS/c1-10-8-11(16)6-7-14(10)15(18)17-12-4-3-5-13(9-12)19-2/h6-8,12-13H,3-5,9,16H2,1-2H3,(H,17,18). The van der Waals surface area contributed by atoms with Gasteiger partial charge in [-0.1, -0.05) is 6.42 Å². The Morgan fingerprint density at radius 2 is 2.21 bits per heavy atom. The summed E-state index contributed by atoms with van der Waals surface area (Å²) in [7, 11) is 0. The van der Waals surface area contributed by atoms with Crippen molar-refractivity contribution in [2.24, 2.45) is 0 Å². The topological polar surface area (TPSA) is 55.1 Å². The van der Waals surface area contributed by atoms with Gasteiger partial charge in [-0.15, -0.1) is 0 Å². The predicted molar refractivity (Wildman–Crippen MR) is 82.6 cm³/mol. The maximum Gasteiger partial charge on any atom is 0.251 e. The number of thioether (sulfide) groups is 1. The fraction of sp³-hybridized carbons (Fsp3) is 0.533. The van der Waals surface area contributed by atoms with Crippen molar-refractivity contribution in [3.05, 3.63) is 29.3 Å². The molecule has 1 aromatic rings. The van der Waals surface area contributed by atoms with Crippen molar-refractivity contribution < 1.29 is 4.79 Å². The highest BCUT2D eigenvalue weighted by Gasteiger charge is 2.23. The highest BCUT2D eigenvalue weighted by Crippen LogP contribution is 2.27. The highest BCUT2D eigenvalue weighted by molar-refractivity contribution is 7.99. The number of aryl methyl sites for hydroxylation is 1. The minimum absolute atomic E-state index is 0.0317. The molecule has 2 rings (SSSR count). The second-order valence-corrected chi connectivity index (χ2v) is 6.41. The van der Waals surface area contributed by atoms with E-state index in [1.807, 2.05) is 30.8 Å². The van der Waals surface area contributed by atoms with Crippen molar-refractivity contribution in [3.63, 3.8) is 0 Å². The second-order valence-electron chi connectivity index (χ2n) is 5.27. The molecule has 0 spiro atoms. The Morgan fingerprint density at radius 3 is 2.89 bits per heavy atom. The monoisotopic (exact) mass is 278 g/mol. The predicted octanol–water partition coefficient (Wildman–Crippen LogP) is 2.98. The lowest BCUT2D eigenvalue weighted by molar-refractivity contribution is 0.0928. The first-order chi connectivity index (χ1) is 9.10. The second kappa shape index (κ2) is 6.33. The zero-order valence-corrected chi connectivity index (χ0v) is 12.4. The molecule has 19 heavy (non-hydrogen) atoms. The lowest BCUT2D eigenvalue weighted by atomic mass is 9.94. The summed E-state index contributed by atoms with van der Waals surface area (Å²) in [4.78, 5) is 12.3. The van der Waals surface area contributed by atoms with Gasteiger partial charge in [0, 0.05) is 22.5 Å². The fourth-order valence-electron chi connectivity index (χ4n) is 2.69. The lowest BCUT2D eigenvalue weighted by Gasteiger charge is -2.28. The number of anilines is 1. The smallest absolute Gasteiger partial charge is 0.251 e. The summed E-state index contributed by atoms with van der Waals surface area (Å²) in [5.41, 5.74) is 8.09. The number of hydrogen-bond donors (Lipinski definition) is 2. The van der Waals surface area contributed by atoms with E-state index in [0.717, 1.165) is 24.0 Å². The molecular weight excluding hydrogens is 256 g/mol. The van der Waals surface area contributed by atoms with E-state index in [4.69, 9.17) is 5.73 Å². The molecule has 104 valence electrons. The molecule has 2 unspecified atom stereocenters. The lowest BCUT2D eigenvalue weighted by Crippen LogP contribution is -2.39. The van der Waals surface area contributed by atoms with E-state index in [-0.39, 0.29) is 5.91 Å². The van der Waals surface area contributed by atoms with Gasteiger partial charge >= 0.3 is 0 Å². The molecule has 1 fully saturated rings. The molecule has 1 aromatic carbocycles. The van der Waals surface area contributed by atoms with Gasteiger partial charge in [0.05, 0.1) is 0 Å². The van der Waals surface area contributed by atoms with Crippen molar-refractivity contribution in [3.8, 4) is 0 Å². The van der Waals surface area contributed by atoms with Crippen LogP contribution in [-0.4, -0.2) is 23.5 Å². The van der Waals surface area contributed by atoms with Gasteiger partial charge < -0.3 is 11.1 Å². The third-order valence-corrected chi connectivity index (χ3v) is 4.88. The normalized spacial score (nSPS) is 23.1. The van der Waals surface area contributed by atoms with Crippen molar-refractivity contribution in [1.29, 1.82) is 0 Å². The van der Waals surface area contributed by atoms with E-state index < -0.39 is 0 Å². The molecule has 1 aliphatic rings. The Kier molecular flexibility index (Phi) is 4.75. The maximum atomic E-state index is 12.3. The van der Waals surface area contributed by atoms with E-state index in [0.29, 0.717) is 17.0 Å². The van der Waals surface area contributed by atoms with E-state index in [2.05, 4.69) is 11.6 Å². The summed E-state index contributed by atoms with van der Waals surface area (Å²) in [6.45, 7) is 1.93. The average molecular weight is 278 g/mol.